The lowest BCUT2D eigenvalue weighted by Crippen LogP contribution is -2.09. The van der Waals surface area contributed by atoms with E-state index in [1.807, 2.05) is 13.0 Å². The minimum Gasteiger partial charge on any atom is -0.397 e. The Morgan fingerprint density at radius 3 is 2.68 bits per heavy atom. The second-order valence-corrected chi connectivity index (χ2v) is 4.19. The number of nitrogen functional groups attached to an aromatic ring is 1. The lowest BCUT2D eigenvalue weighted by atomic mass is 10.1. The average molecular weight is 256 g/mol. The molecule has 5 heteroatoms. The molecular formula is C14H13FN4. The van der Waals surface area contributed by atoms with Crippen LogP contribution in [0, 0.1) is 17.1 Å². The van der Waals surface area contributed by atoms with Gasteiger partial charge in [0.05, 0.1) is 17.4 Å². The van der Waals surface area contributed by atoms with Crippen LogP contribution in [0.25, 0.3) is 0 Å². The van der Waals surface area contributed by atoms with Crippen LogP contribution in [-0.4, -0.2) is 4.98 Å². The van der Waals surface area contributed by atoms with Crippen molar-refractivity contribution in [3.8, 4) is 6.07 Å². The van der Waals surface area contributed by atoms with Gasteiger partial charge in [-0.1, -0.05) is 12.1 Å². The predicted octanol–water partition coefficient (Wildman–Crippen LogP) is 2.85. The highest BCUT2D eigenvalue weighted by Crippen LogP contribution is 2.21. The SMILES string of the molecule is CC(Nc1ncc(N)cc1C#N)c1ccc(F)cc1. The van der Waals surface area contributed by atoms with E-state index >= 15 is 0 Å². The lowest BCUT2D eigenvalue weighted by molar-refractivity contribution is 0.626. The van der Waals surface area contributed by atoms with Crippen molar-refractivity contribution in [3.63, 3.8) is 0 Å². The smallest absolute Gasteiger partial charge is 0.144 e. The maximum absolute atomic E-state index is 12.9. The van der Waals surface area contributed by atoms with Crippen LogP contribution in [0.4, 0.5) is 15.9 Å². The molecule has 0 fully saturated rings. The molecule has 96 valence electrons. The van der Waals surface area contributed by atoms with Gasteiger partial charge >= 0.3 is 0 Å². The second-order valence-electron chi connectivity index (χ2n) is 4.19. The Balaban J connectivity index is 2.21. The zero-order chi connectivity index (χ0) is 13.8. The van der Waals surface area contributed by atoms with Crippen LogP contribution in [0.3, 0.4) is 0 Å². The number of rotatable bonds is 3. The Morgan fingerprint density at radius 1 is 1.37 bits per heavy atom. The van der Waals surface area contributed by atoms with Crippen LogP contribution in [-0.2, 0) is 0 Å². The molecule has 0 saturated heterocycles. The number of hydrogen-bond donors (Lipinski definition) is 2. The first kappa shape index (κ1) is 12.8. The molecule has 0 aliphatic heterocycles. The number of anilines is 2. The molecule has 2 rings (SSSR count). The largest absolute Gasteiger partial charge is 0.397 e. The Labute approximate surface area is 110 Å². The fourth-order valence-corrected chi connectivity index (χ4v) is 1.72. The fraction of sp³-hybridized carbons (Fsp3) is 0.143. The van der Waals surface area contributed by atoms with Gasteiger partial charge in [-0.15, -0.1) is 0 Å². The summed E-state index contributed by atoms with van der Waals surface area (Å²) in [5, 5.41) is 12.1. The first-order chi connectivity index (χ1) is 9.10. The fourth-order valence-electron chi connectivity index (χ4n) is 1.72. The molecule has 1 unspecified atom stereocenters. The summed E-state index contributed by atoms with van der Waals surface area (Å²) in [6.07, 6.45) is 1.49. The zero-order valence-corrected chi connectivity index (χ0v) is 10.4. The number of nitriles is 1. The van der Waals surface area contributed by atoms with Gasteiger partial charge in [-0.2, -0.15) is 5.26 Å². The van der Waals surface area contributed by atoms with Gasteiger partial charge in [0, 0.05) is 6.04 Å². The van der Waals surface area contributed by atoms with Gasteiger partial charge in [-0.25, -0.2) is 9.37 Å². The Morgan fingerprint density at radius 2 is 2.05 bits per heavy atom. The number of hydrogen-bond acceptors (Lipinski definition) is 4. The number of nitrogens with zero attached hydrogens (tertiary/aromatic N) is 2. The molecule has 1 aromatic carbocycles. The maximum atomic E-state index is 12.9. The van der Waals surface area contributed by atoms with Crippen molar-refractivity contribution in [3.05, 3.63) is 53.5 Å². The Kier molecular flexibility index (Phi) is 3.62. The van der Waals surface area contributed by atoms with Crippen molar-refractivity contribution < 1.29 is 4.39 Å². The van der Waals surface area contributed by atoms with Gasteiger partial charge in [0.25, 0.3) is 0 Å². The van der Waals surface area contributed by atoms with E-state index in [-0.39, 0.29) is 11.9 Å². The summed E-state index contributed by atoms with van der Waals surface area (Å²) in [5.74, 6) is 0.188. The molecule has 0 bridgehead atoms. The molecule has 0 spiro atoms. The van der Waals surface area contributed by atoms with E-state index < -0.39 is 0 Å². The van der Waals surface area contributed by atoms with Crippen LogP contribution in [0.2, 0.25) is 0 Å². The minimum atomic E-state index is -0.278. The standard InChI is InChI=1S/C14H13FN4/c1-9(10-2-4-12(15)5-3-10)19-14-11(7-16)6-13(17)8-18-14/h2-6,8-9H,17H2,1H3,(H,18,19). The topological polar surface area (TPSA) is 74.7 Å². The summed E-state index contributed by atoms with van der Waals surface area (Å²) in [4.78, 5) is 4.10. The van der Waals surface area contributed by atoms with Crippen molar-refractivity contribution in [2.45, 2.75) is 13.0 Å². The quantitative estimate of drug-likeness (QED) is 0.885. The van der Waals surface area contributed by atoms with Crippen LogP contribution in [0.1, 0.15) is 24.1 Å². The summed E-state index contributed by atoms with van der Waals surface area (Å²) in [6.45, 7) is 1.91. The van der Waals surface area contributed by atoms with Gasteiger partial charge in [0.1, 0.15) is 17.7 Å². The molecule has 4 nitrogen and oxygen atoms in total. The number of halogens is 1. The van der Waals surface area contributed by atoms with Crippen LogP contribution in [0.15, 0.2) is 36.5 Å². The summed E-state index contributed by atoms with van der Waals surface area (Å²) < 4.78 is 12.9. The van der Waals surface area contributed by atoms with Crippen molar-refractivity contribution >= 4 is 11.5 Å². The molecule has 0 radical (unpaired) electrons. The van der Waals surface area contributed by atoms with E-state index in [1.165, 1.54) is 18.3 Å². The molecule has 1 atom stereocenters. The first-order valence-corrected chi connectivity index (χ1v) is 5.78. The van der Waals surface area contributed by atoms with Gasteiger partial charge < -0.3 is 11.1 Å². The summed E-state index contributed by atoms with van der Waals surface area (Å²) in [5.41, 5.74) is 7.31. The molecule has 2 aromatic rings. The predicted molar refractivity (Wildman–Crippen MR) is 71.8 cm³/mol. The molecular weight excluding hydrogens is 243 g/mol. The normalized spacial score (nSPS) is 11.6. The van der Waals surface area contributed by atoms with E-state index in [2.05, 4.69) is 10.3 Å². The Bertz CT molecular complexity index is 616. The van der Waals surface area contributed by atoms with Crippen molar-refractivity contribution in [1.29, 1.82) is 5.26 Å². The van der Waals surface area contributed by atoms with Crippen molar-refractivity contribution in [1.82, 2.24) is 4.98 Å². The summed E-state index contributed by atoms with van der Waals surface area (Å²) in [7, 11) is 0. The lowest BCUT2D eigenvalue weighted by Gasteiger charge is -2.15. The third-order valence-electron chi connectivity index (χ3n) is 2.75. The van der Waals surface area contributed by atoms with E-state index in [1.54, 1.807) is 18.2 Å². The van der Waals surface area contributed by atoms with E-state index in [9.17, 15) is 4.39 Å². The minimum absolute atomic E-state index is 0.0937. The number of aromatic nitrogens is 1. The van der Waals surface area contributed by atoms with E-state index in [0.717, 1.165) is 5.56 Å². The second kappa shape index (κ2) is 5.36. The molecule has 1 heterocycles. The third-order valence-corrected chi connectivity index (χ3v) is 2.75. The molecule has 0 amide bonds. The number of nitrogens with one attached hydrogen (secondary N) is 1. The van der Waals surface area contributed by atoms with Crippen molar-refractivity contribution in [2.24, 2.45) is 0 Å². The van der Waals surface area contributed by atoms with Gasteiger partial charge in [0.15, 0.2) is 0 Å². The zero-order valence-electron chi connectivity index (χ0n) is 10.4. The molecule has 0 aliphatic carbocycles. The van der Waals surface area contributed by atoms with Gasteiger partial charge in [-0.05, 0) is 30.7 Å². The molecule has 1 aromatic heterocycles. The van der Waals surface area contributed by atoms with E-state index in [4.69, 9.17) is 11.0 Å². The van der Waals surface area contributed by atoms with Crippen LogP contribution < -0.4 is 11.1 Å². The monoisotopic (exact) mass is 256 g/mol. The highest BCUT2D eigenvalue weighted by Gasteiger charge is 2.10. The van der Waals surface area contributed by atoms with Crippen LogP contribution >= 0.6 is 0 Å². The van der Waals surface area contributed by atoms with Crippen LogP contribution in [0.5, 0.6) is 0 Å². The van der Waals surface area contributed by atoms with Crippen molar-refractivity contribution in [2.75, 3.05) is 11.1 Å². The highest BCUT2D eigenvalue weighted by molar-refractivity contribution is 5.58. The number of nitrogens with two attached hydrogens (primary N) is 1. The number of benzene rings is 1. The maximum Gasteiger partial charge on any atom is 0.144 e. The van der Waals surface area contributed by atoms with Gasteiger partial charge in [-0.3, -0.25) is 0 Å². The van der Waals surface area contributed by atoms with E-state index in [0.29, 0.717) is 17.1 Å². The third kappa shape index (κ3) is 2.99. The molecule has 19 heavy (non-hydrogen) atoms. The summed E-state index contributed by atoms with van der Waals surface area (Å²) >= 11 is 0. The molecule has 0 aliphatic rings. The summed E-state index contributed by atoms with van der Waals surface area (Å²) in [6, 6.07) is 9.68. The molecule has 3 N–H and O–H groups in total. The van der Waals surface area contributed by atoms with Gasteiger partial charge in [0.2, 0.25) is 0 Å². The highest BCUT2D eigenvalue weighted by atomic mass is 19.1. The average Bonchev–Trinajstić information content (AvgIpc) is 2.41. The Hall–Kier alpha value is -2.61. The number of pyridine rings is 1. The first-order valence-electron chi connectivity index (χ1n) is 5.78. The molecule has 0 saturated carbocycles.